The molecule has 2 nitrogen and oxygen atoms in total. The van der Waals surface area contributed by atoms with Crippen LogP contribution in [0.15, 0.2) is 42.5 Å². The van der Waals surface area contributed by atoms with Crippen LogP contribution in [0.25, 0.3) is 0 Å². The molecule has 2 aromatic rings. The first-order valence-electron chi connectivity index (χ1n) is 5.36. The van der Waals surface area contributed by atoms with Crippen LogP contribution in [0.5, 0.6) is 0 Å². The highest BCUT2D eigenvalue weighted by molar-refractivity contribution is 5.66. The summed E-state index contributed by atoms with van der Waals surface area (Å²) in [6, 6.07) is 14.1. The quantitative estimate of drug-likeness (QED) is 0.752. The van der Waals surface area contributed by atoms with Gasteiger partial charge in [0.1, 0.15) is 0 Å². The minimum atomic E-state index is 0.770. The molecule has 4 N–H and O–H groups in total. The Bertz CT molecular complexity index is 490. The van der Waals surface area contributed by atoms with E-state index in [1.54, 1.807) is 0 Å². The Labute approximate surface area is 95.9 Å². The third-order valence-electron chi connectivity index (χ3n) is 2.84. The molecule has 0 unspecified atom stereocenters. The summed E-state index contributed by atoms with van der Waals surface area (Å²) in [5.74, 6) is 0. The van der Waals surface area contributed by atoms with Crippen LogP contribution < -0.4 is 11.5 Å². The maximum Gasteiger partial charge on any atom is 0.0400 e. The Morgan fingerprint density at radius 2 is 1.62 bits per heavy atom. The average molecular weight is 212 g/mol. The Balaban J connectivity index is 2.38. The minimum Gasteiger partial charge on any atom is -0.398 e. The van der Waals surface area contributed by atoms with Gasteiger partial charge in [0, 0.05) is 23.4 Å². The molecule has 0 aliphatic carbocycles. The van der Waals surface area contributed by atoms with E-state index >= 15 is 0 Å². The Morgan fingerprint density at radius 1 is 0.938 bits per heavy atom. The fourth-order valence-electron chi connectivity index (χ4n) is 1.80. The number of nitrogen functional groups attached to an aromatic ring is 2. The number of rotatable bonds is 2. The van der Waals surface area contributed by atoms with Crippen LogP contribution >= 0.6 is 0 Å². The van der Waals surface area contributed by atoms with Crippen molar-refractivity contribution in [3.63, 3.8) is 0 Å². The Kier molecular flexibility index (Phi) is 2.82. The van der Waals surface area contributed by atoms with E-state index in [0.29, 0.717) is 0 Å². The van der Waals surface area contributed by atoms with Gasteiger partial charge in [-0.15, -0.1) is 0 Å². The van der Waals surface area contributed by atoms with Gasteiger partial charge in [-0.3, -0.25) is 0 Å². The molecule has 0 saturated carbocycles. The van der Waals surface area contributed by atoms with Crippen LogP contribution in [0.4, 0.5) is 11.4 Å². The zero-order valence-electron chi connectivity index (χ0n) is 9.40. The summed E-state index contributed by atoms with van der Waals surface area (Å²) in [5, 5.41) is 0. The lowest BCUT2D eigenvalue weighted by Gasteiger charge is -2.11. The lowest BCUT2D eigenvalue weighted by Crippen LogP contribution is -2.03. The maximum atomic E-state index is 6.05. The lowest BCUT2D eigenvalue weighted by atomic mass is 9.99. The zero-order valence-corrected chi connectivity index (χ0v) is 9.40. The molecule has 0 spiro atoms. The highest BCUT2D eigenvalue weighted by Crippen LogP contribution is 2.25. The molecule has 0 fully saturated rings. The second kappa shape index (κ2) is 4.27. The number of hydrogen-bond acceptors (Lipinski definition) is 2. The van der Waals surface area contributed by atoms with Crippen molar-refractivity contribution in [3.8, 4) is 0 Å². The summed E-state index contributed by atoms with van der Waals surface area (Å²) in [4.78, 5) is 0. The second-order valence-electron chi connectivity index (χ2n) is 4.03. The van der Waals surface area contributed by atoms with E-state index in [1.807, 2.05) is 37.3 Å². The van der Waals surface area contributed by atoms with Crippen molar-refractivity contribution in [2.24, 2.45) is 0 Å². The number of hydrogen-bond donors (Lipinski definition) is 2. The van der Waals surface area contributed by atoms with Crippen molar-refractivity contribution in [2.45, 2.75) is 13.3 Å². The van der Waals surface area contributed by atoms with Crippen LogP contribution in [0.1, 0.15) is 16.7 Å². The number of benzene rings is 2. The molecule has 0 atom stereocenters. The first-order valence-corrected chi connectivity index (χ1v) is 5.36. The number of anilines is 2. The molecule has 0 saturated heterocycles. The summed E-state index contributed by atoms with van der Waals surface area (Å²) in [7, 11) is 0. The van der Waals surface area contributed by atoms with E-state index < -0.39 is 0 Å². The molecule has 82 valence electrons. The molecule has 0 aliphatic rings. The minimum absolute atomic E-state index is 0.770. The number of aryl methyl sites for hydroxylation is 1. The normalized spacial score (nSPS) is 10.3. The molecule has 0 radical (unpaired) electrons. The van der Waals surface area contributed by atoms with Crippen molar-refractivity contribution >= 4 is 11.4 Å². The Hall–Kier alpha value is -1.96. The third kappa shape index (κ3) is 2.01. The maximum absolute atomic E-state index is 6.05. The van der Waals surface area contributed by atoms with Gasteiger partial charge in [-0.05, 0) is 24.1 Å². The molecule has 0 bridgehead atoms. The van der Waals surface area contributed by atoms with Gasteiger partial charge in [0.05, 0.1) is 0 Å². The molecule has 16 heavy (non-hydrogen) atoms. The summed E-state index contributed by atoms with van der Waals surface area (Å²) in [6.45, 7) is 2.00. The van der Waals surface area contributed by atoms with Gasteiger partial charge in [0.2, 0.25) is 0 Å². The van der Waals surface area contributed by atoms with Gasteiger partial charge in [-0.2, -0.15) is 0 Å². The average Bonchev–Trinajstić information content (AvgIpc) is 2.31. The lowest BCUT2D eigenvalue weighted by molar-refractivity contribution is 1.19. The van der Waals surface area contributed by atoms with E-state index in [9.17, 15) is 0 Å². The summed E-state index contributed by atoms with van der Waals surface area (Å²) < 4.78 is 0. The van der Waals surface area contributed by atoms with E-state index in [-0.39, 0.29) is 0 Å². The van der Waals surface area contributed by atoms with Crippen LogP contribution in [0.3, 0.4) is 0 Å². The first-order chi connectivity index (χ1) is 7.68. The standard InChI is InChI=1S/C14H16N2/c1-10-7-8-13(15)12(14(10)16)9-11-5-3-2-4-6-11/h2-8H,9,15-16H2,1H3. The largest absolute Gasteiger partial charge is 0.398 e. The predicted molar refractivity (Wildman–Crippen MR) is 69.3 cm³/mol. The van der Waals surface area contributed by atoms with Gasteiger partial charge in [-0.25, -0.2) is 0 Å². The fourth-order valence-corrected chi connectivity index (χ4v) is 1.80. The van der Waals surface area contributed by atoms with Crippen LogP contribution in [0, 0.1) is 6.92 Å². The summed E-state index contributed by atoms with van der Waals surface area (Å²) in [6.07, 6.45) is 0.792. The van der Waals surface area contributed by atoms with Gasteiger partial charge in [0.25, 0.3) is 0 Å². The van der Waals surface area contributed by atoms with E-state index in [0.717, 1.165) is 28.9 Å². The summed E-state index contributed by atoms with van der Waals surface area (Å²) >= 11 is 0. The van der Waals surface area contributed by atoms with Crippen LogP contribution in [-0.2, 0) is 6.42 Å². The molecule has 2 rings (SSSR count). The molecule has 0 heterocycles. The second-order valence-corrected chi connectivity index (χ2v) is 4.03. The summed E-state index contributed by atoms with van der Waals surface area (Å²) in [5.41, 5.74) is 16.9. The number of nitrogens with two attached hydrogens (primary N) is 2. The molecule has 0 amide bonds. The van der Waals surface area contributed by atoms with Crippen molar-refractivity contribution in [1.82, 2.24) is 0 Å². The van der Waals surface area contributed by atoms with E-state index in [2.05, 4.69) is 12.1 Å². The molecule has 2 heteroatoms. The van der Waals surface area contributed by atoms with Gasteiger partial charge in [0.15, 0.2) is 0 Å². The molecule has 0 aromatic heterocycles. The van der Waals surface area contributed by atoms with Crippen molar-refractivity contribution in [2.75, 3.05) is 11.5 Å². The van der Waals surface area contributed by atoms with Crippen molar-refractivity contribution in [1.29, 1.82) is 0 Å². The highest BCUT2D eigenvalue weighted by Gasteiger charge is 2.07. The third-order valence-corrected chi connectivity index (χ3v) is 2.84. The van der Waals surface area contributed by atoms with Crippen LogP contribution in [-0.4, -0.2) is 0 Å². The SMILES string of the molecule is Cc1ccc(N)c(Cc2ccccc2)c1N. The fraction of sp³-hybridized carbons (Fsp3) is 0.143. The van der Waals surface area contributed by atoms with Gasteiger partial charge < -0.3 is 11.5 Å². The predicted octanol–water partition coefficient (Wildman–Crippen LogP) is 2.75. The first kappa shape index (κ1) is 10.6. The van der Waals surface area contributed by atoms with Crippen molar-refractivity contribution in [3.05, 3.63) is 59.2 Å². The molecule has 2 aromatic carbocycles. The smallest absolute Gasteiger partial charge is 0.0400 e. The van der Waals surface area contributed by atoms with Gasteiger partial charge >= 0.3 is 0 Å². The molecular formula is C14H16N2. The van der Waals surface area contributed by atoms with Crippen molar-refractivity contribution < 1.29 is 0 Å². The molecular weight excluding hydrogens is 196 g/mol. The van der Waals surface area contributed by atoms with E-state index in [4.69, 9.17) is 11.5 Å². The topological polar surface area (TPSA) is 52.0 Å². The zero-order chi connectivity index (χ0) is 11.5. The monoisotopic (exact) mass is 212 g/mol. The van der Waals surface area contributed by atoms with Crippen LogP contribution in [0.2, 0.25) is 0 Å². The van der Waals surface area contributed by atoms with E-state index in [1.165, 1.54) is 5.56 Å². The Morgan fingerprint density at radius 3 is 2.31 bits per heavy atom. The highest BCUT2D eigenvalue weighted by atomic mass is 14.6. The molecule has 0 aliphatic heterocycles. The van der Waals surface area contributed by atoms with Gasteiger partial charge in [-0.1, -0.05) is 36.4 Å².